The lowest BCUT2D eigenvalue weighted by molar-refractivity contribution is 0.0203. The van der Waals surface area contributed by atoms with E-state index in [1.54, 1.807) is 4.90 Å². The fourth-order valence-corrected chi connectivity index (χ4v) is 1.80. The molecule has 0 radical (unpaired) electrons. The average molecular weight is 229 g/mol. The van der Waals surface area contributed by atoms with Crippen LogP contribution in [0.5, 0.6) is 0 Å². The van der Waals surface area contributed by atoms with Crippen molar-refractivity contribution >= 4 is 6.09 Å². The molecule has 0 aromatic rings. The van der Waals surface area contributed by atoms with Gasteiger partial charge in [-0.1, -0.05) is 0 Å². The van der Waals surface area contributed by atoms with E-state index in [1.165, 1.54) is 0 Å². The first-order chi connectivity index (χ1) is 7.38. The Morgan fingerprint density at radius 1 is 1.25 bits per heavy atom. The van der Waals surface area contributed by atoms with Gasteiger partial charge in [-0.15, -0.1) is 0 Å². The van der Waals surface area contributed by atoms with E-state index in [0.717, 1.165) is 25.7 Å². The first-order valence-corrected chi connectivity index (χ1v) is 6.04. The second-order valence-electron chi connectivity index (χ2n) is 5.41. The first-order valence-electron chi connectivity index (χ1n) is 6.04. The summed E-state index contributed by atoms with van der Waals surface area (Å²) in [5.74, 6) is 0. The van der Waals surface area contributed by atoms with Crippen molar-refractivity contribution in [3.63, 3.8) is 0 Å². The summed E-state index contributed by atoms with van der Waals surface area (Å²) in [4.78, 5) is 13.5. The largest absolute Gasteiger partial charge is 0.444 e. The molecule has 4 nitrogen and oxygen atoms in total. The monoisotopic (exact) mass is 229 g/mol. The molecule has 1 amide bonds. The number of carbonyl (C=O) groups excluding carboxylic acids is 1. The Morgan fingerprint density at radius 3 is 2.19 bits per heavy atom. The third-order valence-electron chi connectivity index (χ3n) is 2.58. The molecule has 0 aliphatic carbocycles. The van der Waals surface area contributed by atoms with Crippen LogP contribution < -0.4 is 0 Å². The number of likely N-dealkylation sites (tertiary alicyclic amines) is 1. The van der Waals surface area contributed by atoms with Crippen LogP contribution in [0.15, 0.2) is 0 Å². The van der Waals surface area contributed by atoms with Crippen molar-refractivity contribution in [2.75, 3.05) is 13.1 Å². The minimum absolute atomic E-state index is 0.194. The van der Waals surface area contributed by atoms with E-state index in [0.29, 0.717) is 13.1 Å². The summed E-state index contributed by atoms with van der Waals surface area (Å²) in [5, 5.41) is 9.49. The predicted octanol–water partition coefficient (Wildman–Crippen LogP) is 2.16. The third kappa shape index (κ3) is 4.84. The lowest BCUT2D eigenvalue weighted by atomic mass is 10.1. The van der Waals surface area contributed by atoms with Gasteiger partial charge in [0.25, 0.3) is 0 Å². The van der Waals surface area contributed by atoms with E-state index in [1.807, 2.05) is 20.8 Å². The van der Waals surface area contributed by atoms with Crippen LogP contribution in [0.4, 0.5) is 4.79 Å². The number of aliphatic hydroxyl groups excluding tert-OH is 1. The van der Waals surface area contributed by atoms with Gasteiger partial charge in [-0.05, 0) is 46.5 Å². The average Bonchev–Trinajstić information content (AvgIpc) is 2.07. The van der Waals surface area contributed by atoms with Crippen molar-refractivity contribution in [2.24, 2.45) is 0 Å². The fourth-order valence-electron chi connectivity index (χ4n) is 1.80. The van der Waals surface area contributed by atoms with Crippen molar-refractivity contribution < 1.29 is 14.6 Å². The maximum Gasteiger partial charge on any atom is 0.410 e. The molecule has 4 heteroatoms. The maximum absolute atomic E-state index is 11.8. The number of rotatable bonds is 0. The summed E-state index contributed by atoms with van der Waals surface area (Å²) in [5.41, 5.74) is -0.432. The molecular weight excluding hydrogens is 206 g/mol. The molecule has 1 heterocycles. The van der Waals surface area contributed by atoms with E-state index in [9.17, 15) is 9.90 Å². The molecule has 0 bridgehead atoms. The maximum atomic E-state index is 11.8. The molecule has 0 saturated carbocycles. The van der Waals surface area contributed by atoms with Gasteiger partial charge in [0.05, 0.1) is 6.10 Å². The molecule has 1 N–H and O–H groups in total. The van der Waals surface area contributed by atoms with Crippen LogP contribution in [-0.2, 0) is 4.74 Å². The van der Waals surface area contributed by atoms with Gasteiger partial charge in [-0.2, -0.15) is 0 Å². The number of aliphatic hydroxyl groups is 1. The van der Waals surface area contributed by atoms with Gasteiger partial charge in [-0.3, -0.25) is 0 Å². The SMILES string of the molecule is CC(C)(C)OC(=O)N1CCCC(O)CCC1. The molecule has 0 aromatic carbocycles. The first kappa shape index (κ1) is 13.3. The van der Waals surface area contributed by atoms with Crippen molar-refractivity contribution in [2.45, 2.75) is 58.2 Å². The summed E-state index contributed by atoms with van der Waals surface area (Å²) in [6.07, 6.45) is 2.82. The molecule has 0 unspecified atom stereocenters. The number of hydrogen-bond donors (Lipinski definition) is 1. The van der Waals surface area contributed by atoms with Crippen LogP contribution in [0, 0.1) is 0 Å². The Hall–Kier alpha value is -0.770. The third-order valence-corrected chi connectivity index (χ3v) is 2.58. The van der Waals surface area contributed by atoms with Gasteiger partial charge >= 0.3 is 6.09 Å². The van der Waals surface area contributed by atoms with Crippen LogP contribution >= 0.6 is 0 Å². The minimum Gasteiger partial charge on any atom is -0.444 e. The highest BCUT2D eigenvalue weighted by Gasteiger charge is 2.23. The second-order valence-corrected chi connectivity index (χ2v) is 5.41. The number of carbonyl (C=O) groups is 1. The molecule has 0 aromatic heterocycles. The standard InChI is InChI=1S/C12H23NO3/c1-12(2,3)16-11(15)13-8-4-6-10(14)7-5-9-13/h10,14H,4-9H2,1-3H3. The van der Waals surface area contributed by atoms with Crippen molar-refractivity contribution in [1.82, 2.24) is 4.90 Å². The van der Waals surface area contributed by atoms with Gasteiger partial charge in [-0.25, -0.2) is 4.79 Å². The molecule has 1 saturated heterocycles. The Morgan fingerprint density at radius 2 is 1.75 bits per heavy atom. The van der Waals surface area contributed by atoms with Gasteiger partial charge in [0.2, 0.25) is 0 Å². The van der Waals surface area contributed by atoms with Crippen LogP contribution in [-0.4, -0.2) is 40.9 Å². The highest BCUT2D eigenvalue weighted by molar-refractivity contribution is 5.68. The molecule has 1 aliphatic heterocycles. The zero-order valence-electron chi connectivity index (χ0n) is 10.5. The number of amides is 1. The molecule has 94 valence electrons. The van der Waals surface area contributed by atoms with Gasteiger partial charge < -0.3 is 14.7 Å². The Balaban J connectivity index is 2.43. The summed E-state index contributed by atoms with van der Waals surface area (Å²) >= 11 is 0. The number of hydrogen-bond acceptors (Lipinski definition) is 3. The Bertz CT molecular complexity index is 225. The minimum atomic E-state index is -0.432. The van der Waals surface area contributed by atoms with Crippen LogP contribution in [0.25, 0.3) is 0 Å². The molecule has 0 atom stereocenters. The summed E-state index contributed by atoms with van der Waals surface area (Å²) < 4.78 is 5.32. The number of nitrogens with zero attached hydrogens (tertiary/aromatic N) is 1. The van der Waals surface area contributed by atoms with E-state index in [2.05, 4.69) is 0 Å². The summed E-state index contributed by atoms with van der Waals surface area (Å²) in [6, 6.07) is 0. The summed E-state index contributed by atoms with van der Waals surface area (Å²) in [6.45, 7) is 6.99. The van der Waals surface area contributed by atoms with E-state index >= 15 is 0 Å². The quantitative estimate of drug-likeness (QED) is 0.692. The molecule has 1 rings (SSSR count). The lowest BCUT2D eigenvalue weighted by Gasteiger charge is -2.29. The molecule has 0 spiro atoms. The van der Waals surface area contributed by atoms with Crippen molar-refractivity contribution in [1.29, 1.82) is 0 Å². The predicted molar refractivity (Wildman–Crippen MR) is 62.3 cm³/mol. The molecule has 1 fully saturated rings. The molecule has 16 heavy (non-hydrogen) atoms. The molecular formula is C12H23NO3. The van der Waals surface area contributed by atoms with Crippen LogP contribution in [0.3, 0.4) is 0 Å². The van der Waals surface area contributed by atoms with Crippen LogP contribution in [0.2, 0.25) is 0 Å². The lowest BCUT2D eigenvalue weighted by Crippen LogP contribution is -2.39. The fraction of sp³-hybridized carbons (Fsp3) is 0.917. The van der Waals surface area contributed by atoms with Crippen LogP contribution in [0.1, 0.15) is 46.5 Å². The second kappa shape index (κ2) is 5.53. The van der Waals surface area contributed by atoms with Gasteiger partial charge in [0.1, 0.15) is 5.60 Å². The number of ether oxygens (including phenoxy) is 1. The normalized spacial score (nSPS) is 20.1. The Kier molecular flexibility index (Phi) is 4.59. The zero-order chi connectivity index (χ0) is 12.2. The topological polar surface area (TPSA) is 49.8 Å². The highest BCUT2D eigenvalue weighted by atomic mass is 16.6. The van der Waals surface area contributed by atoms with E-state index in [4.69, 9.17) is 4.74 Å². The van der Waals surface area contributed by atoms with Gasteiger partial charge in [0, 0.05) is 13.1 Å². The van der Waals surface area contributed by atoms with E-state index < -0.39 is 5.60 Å². The van der Waals surface area contributed by atoms with Crippen molar-refractivity contribution in [3.05, 3.63) is 0 Å². The molecule has 1 aliphatic rings. The zero-order valence-corrected chi connectivity index (χ0v) is 10.5. The Labute approximate surface area is 97.6 Å². The van der Waals surface area contributed by atoms with E-state index in [-0.39, 0.29) is 12.2 Å². The highest BCUT2D eigenvalue weighted by Crippen LogP contribution is 2.15. The van der Waals surface area contributed by atoms with Crippen molar-refractivity contribution in [3.8, 4) is 0 Å². The smallest absolute Gasteiger partial charge is 0.410 e. The summed E-state index contributed by atoms with van der Waals surface area (Å²) in [7, 11) is 0. The van der Waals surface area contributed by atoms with Gasteiger partial charge in [0.15, 0.2) is 0 Å².